The first kappa shape index (κ1) is 34.1. The zero-order valence-electron chi connectivity index (χ0n) is 29.7. The fourth-order valence-corrected chi connectivity index (χ4v) is 8.86. The summed E-state index contributed by atoms with van der Waals surface area (Å²) in [5, 5.41) is 21.9. The number of carbonyl (C=O) groups excluding carboxylic acids is 4. The van der Waals surface area contributed by atoms with Gasteiger partial charge in [0.1, 0.15) is 34.6 Å². The standard InChI is InChI=1S/C40H42N8O6/c41-36(50)34-35(24-6-9-28(10-7-24)54-27-4-2-1-3-5-27)44-48-31(14-17-42-37(34)48)23-15-18-45(19-16-23)26-21-46(22-26)25-8-11-29-30(20-25)40(53)47(39(29)52)32-12-13-33(49)43-38(32)51/h1-11,20,23,26,31-32,40,42,53H,12-19,21-22H2,(H2,41,50)(H,43,49,51)/t31-,32?,40?/m0/s1. The number of para-hydroxylation sites is 1. The summed E-state index contributed by atoms with van der Waals surface area (Å²) >= 11 is 0. The van der Waals surface area contributed by atoms with Crippen molar-refractivity contribution in [1.82, 2.24) is 24.9 Å². The van der Waals surface area contributed by atoms with Gasteiger partial charge < -0.3 is 25.8 Å². The fourth-order valence-electron chi connectivity index (χ4n) is 8.86. The molecule has 3 saturated heterocycles. The van der Waals surface area contributed by atoms with Crippen molar-refractivity contribution in [2.75, 3.05) is 42.9 Å². The summed E-state index contributed by atoms with van der Waals surface area (Å²) in [4.78, 5) is 56.1. The van der Waals surface area contributed by atoms with Crippen LogP contribution in [0.25, 0.3) is 11.3 Å². The third kappa shape index (κ3) is 5.95. The molecule has 278 valence electrons. The lowest BCUT2D eigenvalue weighted by Crippen LogP contribution is -2.61. The Morgan fingerprint density at radius 3 is 2.37 bits per heavy atom. The van der Waals surface area contributed by atoms with Crippen molar-refractivity contribution < 1.29 is 29.0 Å². The van der Waals surface area contributed by atoms with Crippen LogP contribution >= 0.6 is 0 Å². The summed E-state index contributed by atoms with van der Waals surface area (Å²) in [6.07, 6.45) is 2.00. The molecule has 3 atom stereocenters. The molecule has 4 amide bonds. The topological polar surface area (TPSA) is 175 Å². The molecule has 3 fully saturated rings. The Hall–Kier alpha value is -5.73. The molecule has 3 aromatic carbocycles. The van der Waals surface area contributed by atoms with Gasteiger partial charge in [0.25, 0.3) is 11.8 Å². The van der Waals surface area contributed by atoms with Crippen molar-refractivity contribution in [3.63, 3.8) is 0 Å². The number of hydrogen-bond donors (Lipinski definition) is 4. The highest BCUT2D eigenvalue weighted by Gasteiger charge is 2.45. The number of piperidine rings is 2. The molecule has 9 rings (SSSR count). The van der Waals surface area contributed by atoms with Crippen LogP contribution in [0.4, 0.5) is 11.5 Å². The number of benzene rings is 3. The van der Waals surface area contributed by atoms with Crippen LogP contribution in [0.5, 0.6) is 11.5 Å². The van der Waals surface area contributed by atoms with E-state index in [1.807, 2.05) is 71.4 Å². The number of aliphatic hydroxyl groups excluding tert-OH is 1. The molecule has 14 heteroatoms. The van der Waals surface area contributed by atoms with E-state index >= 15 is 0 Å². The van der Waals surface area contributed by atoms with Gasteiger partial charge in [-0.25, -0.2) is 4.68 Å². The van der Waals surface area contributed by atoms with Gasteiger partial charge in [-0.3, -0.25) is 34.3 Å². The number of imide groups is 1. The lowest BCUT2D eigenvalue weighted by Gasteiger charge is -2.49. The van der Waals surface area contributed by atoms with Gasteiger partial charge in [0.2, 0.25) is 11.8 Å². The van der Waals surface area contributed by atoms with E-state index in [0.29, 0.717) is 45.9 Å². The summed E-state index contributed by atoms with van der Waals surface area (Å²) in [5.41, 5.74) is 9.55. The molecular formula is C40H42N8O6. The number of aromatic nitrogens is 2. The summed E-state index contributed by atoms with van der Waals surface area (Å²) < 4.78 is 7.97. The molecule has 5 aliphatic heterocycles. The van der Waals surface area contributed by atoms with E-state index < -0.39 is 30.0 Å². The van der Waals surface area contributed by atoms with E-state index in [1.165, 1.54) is 4.90 Å². The molecule has 54 heavy (non-hydrogen) atoms. The Morgan fingerprint density at radius 1 is 0.907 bits per heavy atom. The lowest BCUT2D eigenvalue weighted by atomic mass is 9.86. The van der Waals surface area contributed by atoms with Crippen LogP contribution in [0.2, 0.25) is 0 Å². The zero-order chi connectivity index (χ0) is 37.1. The molecular weight excluding hydrogens is 688 g/mol. The summed E-state index contributed by atoms with van der Waals surface area (Å²) in [7, 11) is 0. The van der Waals surface area contributed by atoms with Gasteiger partial charge in [-0.1, -0.05) is 18.2 Å². The van der Waals surface area contributed by atoms with Gasteiger partial charge in [0.05, 0.1) is 6.04 Å². The van der Waals surface area contributed by atoms with E-state index in [9.17, 15) is 24.3 Å². The molecule has 0 radical (unpaired) electrons. The summed E-state index contributed by atoms with van der Waals surface area (Å²) in [6, 6.07) is 22.3. The molecule has 14 nitrogen and oxygen atoms in total. The van der Waals surface area contributed by atoms with Crippen molar-refractivity contribution in [3.8, 4) is 22.8 Å². The Balaban J connectivity index is 0.835. The van der Waals surface area contributed by atoms with E-state index in [4.69, 9.17) is 15.6 Å². The van der Waals surface area contributed by atoms with Crippen LogP contribution in [-0.4, -0.2) is 93.1 Å². The van der Waals surface area contributed by atoms with Gasteiger partial charge in [-0.05, 0) is 99.3 Å². The molecule has 0 saturated carbocycles. The van der Waals surface area contributed by atoms with Gasteiger partial charge in [-0.15, -0.1) is 0 Å². The van der Waals surface area contributed by atoms with Crippen LogP contribution in [-0.2, 0) is 9.59 Å². The van der Waals surface area contributed by atoms with Crippen molar-refractivity contribution in [1.29, 1.82) is 0 Å². The van der Waals surface area contributed by atoms with E-state index in [1.54, 1.807) is 6.07 Å². The number of ether oxygens (including phenoxy) is 1. The van der Waals surface area contributed by atoms with Crippen LogP contribution in [0, 0.1) is 5.92 Å². The predicted octanol–water partition coefficient (Wildman–Crippen LogP) is 3.65. The third-order valence-electron chi connectivity index (χ3n) is 11.8. The minimum atomic E-state index is -1.24. The highest BCUT2D eigenvalue weighted by Crippen LogP contribution is 2.42. The van der Waals surface area contributed by atoms with Crippen LogP contribution in [0.1, 0.15) is 70.7 Å². The summed E-state index contributed by atoms with van der Waals surface area (Å²) in [6.45, 7) is 4.33. The minimum absolute atomic E-state index is 0.127. The molecule has 0 aliphatic carbocycles. The first-order valence-corrected chi connectivity index (χ1v) is 18.7. The second-order valence-corrected chi connectivity index (χ2v) is 14.9. The van der Waals surface area contributed by atoms with Crippen LogP contribution < -0.4 is 26.0 Å². The number of likely N-dealkylation sites (tertiary alicyclic amines) is 1. The Kier molecular flexibility index (Phi) is 8.58. The number of primary amides is 1. The van der Waals surface area contributed by atoms with Crippen molar-refractivity contribution in [2.24, 2.45) is 11.7 Å². The second-order valence-electron chi connectivity index (χ2n) is 14.9. The maximum absolute atomic E-state index is 13.2. The van der Waals surface area contributed by atoms with Crippen LogP contribution in [0.15, 0.2) is 72.8 Å². The normalized spacial score (nSPS) is 23.4. The average Bonchev–Trinajstić information content (AvgIpc) is 3.67. The largest absolute Gasteiger partial charge is 0.457 e. The number of amides is 4. The first-order valence-electron chi connectivity index (χ1n) is 18.7. The number of nitrogens with two attached hydrogens (primary N) is 1. The summed E-state index contributed by atoms with van der Waals surface area (Å²) in [5.74, 6) is 0.694. The smallest absolute Gasteiger partial charge is 0.257 e. The zero-order valence-corrected chi connectivity index (χ0v) is 29.7. The van der Waals surface area contributed by atoms with Gasteiger partial charge >= 0.3 is 0 Å². The lowest BCUT2D eigenvalue weighted by molar-refractivity contribution is -0.139. The molecule has 6 heterocycles. The van der Waals surface area contributed by atoms with E-state index in [0.717, 1.165) is 69.0 Å². The number of nitrogens with one attached hydrogen (secondary N) is 2. The first-order chi connectivity index (χ1) is 26.2. The number of anilines is 2. The number of carbonyl (C=O) groups is 4. The van der Waals surface area contributed by atoms with Crippen molar-refractivity contribution in [3.05, 3.63) is 89.5 Å². The maximum Gasteiger partial charge on any atom is 0.257 e. The molecule has 4 aromatic rings. The molecule has 0 spiro atoms. The Morgan fingerprint density at radius 2 is 1.65 bits per heavy atom. The number of hydrogen-bond acceptors (Lipinski definition) is 10. The van der Waals surface area contributed by atoms with Gasteiger partial charge in [0, 0.05) is 54.5 Å². The van der Waals surface area contributed by atoms with E-state index in [2.05, 4.69) is 20.4 Å². The Bertz CT molecular complexity index is 2120. The number of aliphatic hydroxyl groups is 1. The number of nitrogens with zero attached hydrogens (tertiary/aromatic N) is 5. The Labute approximate surface area is 311 Å². The molecule has 0 bridgehead atoms. The molecule has 5 N–H and O–H groups in total. The second kappa shape index (κ2) is 13.6. The molecule has 5 aliphatic rings. The highest BCUT2D eigenvalue weighted by molar-refractivity contribution is 6.06. The SMILES string of the molecule is NC(=O)c1c(-c2ccc(Oc3ccccc3)cc2)nn2c1NCC[C@H]2C1CCN(C2CN(c3ccc4c(c3)C(O)N(C3CCC(=O)NC3=O)C4=O)C2)CC1. The average molecular weight is 731 g/mol. The highest BCUT2D eigenvalue weighted by atomic mass is 16.5. The van der Waals surface area contributed by atoms with Gasteiger partial charge in [-0.2, -0.15) is 5.10 Å². The quantitative estimate of drug-likeness (QED) is 0.196. The third-order valence-corrected chi connectivity index (χ3v) is 11.8. The van der Waals surface area contributed by atoms with E-state index in [-0.39, 0.29) is 24.8 Å². The van der Waals surface area contributed by atoms with Crippen molar-refractivity contribution >= 4 is 35.1 Å². The fraction of sp³-hybridized carbons (Fsp3) is 0.375. The maximum atomic E-state index is 13.2. The van der Waals surface area contributed by atoms with Crippen molar-refractivity contribution in [2.45, 2.75) is 56.5 Å². The molecule has 1 aromatic heterocycles. The molecule has 2 unspecified atom stereocenters. The predicted molar refractivity (Wildman–Crippen MR) is 199 cm³/mol. The monoisotopic (exact) mass is 730 g/mol. The number of rotatable bonds is 8. The minimum Gasteiger partial charge on any atom is -0.457 e. The van der Waals surface area contributed by atoms with Crippen LogP contribution in [0.3, 0.4) is 0 Å². The number of fused-ring (bicyclic) bond motifs is 2. The van der Waals surface area contributed by atoms with Gasteiger partial charge in [0.15, 0.2) is 6.23 Å².